The van der Waals surface area contributed by atoms with Gasteiger partial charge >= 0.3 is 5.91 Å². The number of amides is 2. The SMILES string of the molecule is CC(C)c1cccc2c1C(=O)[N+]([O-])(C1CCC(O)NC1=O)C2. The highest BCUT2D eigenvalue weighted by Crippen LogP contribution is 2.38. The standard InChI is InChI=1S/C16H20N2O4/c1-9(2)11-5-3-4-10-8-18(22,16(21)14(10)11)12-6-7-13(19)17-15(12)20/h3-5,9,12-13,19H,6-8H2,1-2H3,(H,17,20). The first-order chi connectivity index (χ1) is 10.3. The number of nitrogens with zero attached hydrogens (tertiary/aromatic N) is 1. The first kappa shape index (κ1) is 15.1. The van der Waals surface area contributed by atoms with E-state index in [0.717, 1.165) is 5.56 Å². The van der Waals surface area contributed by atoms with Crippen molar-refractivity contribution in [3.05, 3.63) is 40.1 Å². The van der Waals surface area contributed by atoms with Gasteiger partial charge in [-0.3, -0.25) is 9.44 Å². The Labute approximate surface area is 128 Å². The Morgan fingerprint density at radius 1 is 1.32 bits per heavy atom. The highest BCUT2D eigenvalue weighted by Gasteiger charge is 2.50. The van der Waals surface area contributed by atoms with Crippen molar-refractivity contribution in [2.24, 2.45) is 0 Å². The van der Waals surface area contributed by atoms with Crippen molar-refractivity contribution >= 4 is 11.8 Å². The van der Waals surface area contributed by atoms with Crippen LogP contribution in [0.15, 0.2) is 18.2 Å². The molecule has 22 heavy (non-hydrogen) atoms. The highest BCUT2D eigenvalue weighted by atomic mass is 16.6. The number of hydrogen-bond acceptors (Lipinski definition) is 4. The molecule has 0 aliphatic carbocycles. The van der Waals surface area contributed by atoms with Crippen LogP contribution in [0.1, 0.15) is 54.1 Å². The van der Waals surface area contributed by atoms with Crippen LogP contribution in [0.2, 0.25) is 0 Å². The van der Waals surface area contributed by atoms with Gasteiger partial charge in [0.15, 0.2) is 6.04 Å². The van der Waals surface area contributed by atoms with Crippen molar-refractivity contribution in [1.29, 1.82) is 0 Å². The fourth-order valence-electron chi connectivity index (χ4n) is 3.44. The zero-order valence-electron chi connectivity index (χ0n) is 12.7. The van der Waals surface area contributed by atoms with E-state index in [2.05, 4.69) is 5.32 Å². The number of rotatable bonds is 2. The van der Waals surface area contributed by atoms with E-state index in [4.69, 9.17) is 0 Å². The van der Waals surface area contributed by atoms with Gasteiger partial charge < -0.3 is 15.6 Å². The first-order valence-electron chi connectivity index (χ1n) is 7.58. The Balaban J connectivity index is 2.00. The summed E-state index contributed by atoms with van der Waals surface area (Å²) < 4.78 is -1.17. The quantitative estimate of drug-likeness (QED) is 0.638. The van der Waals surface area contributed by atoms with Crippen molar-refractivity contribution in [1.82, 2.24) is 5.32 Å². The van der Waals surface area contributed by atoms with Crippen LogP contribution in [0.3, 0.4) is 0 Å². The molecule has 6 heteroatoms. The van der Waals surface area contributed by atoms with Crippen molar-refractivity contribution in [3.8, 4) is 0 Å². The van der Waals surface area contributed by atoms with Gasteiger partial charge in [0.1, 0.15) is 12.8 Å². The summed E-state index contributed by atoms with van der Waals surface area (Å²) in [5, 5.41) is 25.0. The monoisotopic (exact) mass is 304 g/mol. The summed E-state index contributed by atoms with van der Waals surface area (Å²) in [6, 6.07) is 4.51. The molecule has 0 aromatic heterocycles. The van der Waals surface area contributed by atoms with E-state index in [0.29, 0.717) is 17.5 Å². The van der Waals surface area contributed by atoms with E-state index in [-0.39, 0.29) is 18.9 Å². The molecule has 3 rings (SSSR count). The number of hydrogen-bond donors (Lipinski definition) is 2. The molecule has 1 aromatic carbocycles. The zero-order valence-corrected chi connectivity index (χ0v) is 12.7. The molecule has 1 aromatic rings. The summed E-state index contributed by atoms with van der Waals surface area (Å²) in [6.45, 7) is 3.94. The van der Waals surface area contributed by atoms with E-state index >= 15 is 0 Å². The molecule has 0 spiro atoms. The number of carbonyl (C=O) groups is 2. The summed E-state index contributed by atoms with van der Waals surface area (Å²) in [4.78, 5) is 24.9. The molecule has 0 saturated carbocycles. The molecule has 2 aliphatic heterocycles. The Morgan fingerprint density at radius 2 is 2.05 bits per heavy atom. The van der Waals surface area contributed by atoms with Gasteiger partial charge in [0, 0.05) is 12.0 Å². The Hall–Kier alpha value is -1.76. The summed E-state index contributed by atoms with van der Waals surface area (Å²) in [6.07, 6.45) is -0.423. The number of carbonyl (C=O) groups excluding carboxylic acids is 2. The maximum atomic E-state index is 13.2. The maximum Gasteiger partial charge on any atom is 0.347 e. The van der Waals surface area contributed by atoms with Crippen LogP contribution >= 0.6 is 0 Å². The molecule has 0 bridgehead atoms. The molecule has 0 radical (unpaired) electrons. The summed E-state index contributed by atoms with van der Waals surface area (Å²) in [5.74, 6) is -0.940. The number of benzene rings is 1. The Morgan fingerprint density at radius 3 is 2.68 bits per heavy atom. The number of aliphatic hydroxyl groups excluding tert-OH is 1. The Kier molecular flexibility index (Phi) is 3.55. The third kappa shape index (κ3) is 2.15. The number of nitrogens with one attached hydrogen (secondary N) is 1. The smallest absolute Gasteiger partial charge is 0.347 e. The van der Waals surface area contributed by atoms with Crippen LogP contribution in [0, 0.1) is 5.21 Å². The molecular formula is C16H20N2O4. The van der Waals surface area contributed by atoms with Gasteiger partial charge in [-0.1, -0.05) is 32.0 Å². The van der Waals surface area contributed by atoms with Gasteiger partial charge in [-0.2, -0.15) is 0 Å². The van der Waals surface area contributed by atoms with Crippen LogP contribution < -0.4 is 5.32 Å². The first-order valence-corrected chi connectivity index (χ1v) is 7.58. The maximum absolute atomic E-state index is 13.2. The van der Waals surface area contributed by atoms with Crippen LogP contribution in [0.5, 0.6) is 0 Å². The van der Waals surface area contributed by atoms with Crippen molar-refractivity contribution in [2.45, 2.75) is 51.4 Å². The van der Waals surface area contributed by atoms with E-state index < -0.39 is 28.7 Å². The van der Waals surface area contributed by atoms with Gasteiger partial charge in [0.25, 0.3) is 5.91 Å². The average Bonchev–Trinajstić information content (AvgIpc) is 2.71. The molecule has 1 saturated heterocycles. The lowest BCUT2D eigenvalue weighted by molar-refractivity contribution is -0.825. The molecule has 2 amide bonds. The normalized spacial score (nSPS) is 31.3. The highest BCUT2D eigenvalue weighted by molar-refractivity contribution is 5.97. The number of fused-ring (bicyclic) bond motifs is 1. The lowest BCUT2D eigenvalue weighted by Crippen LogP contribution is -2.61. The summed E-state index contributed by atoms with van der Waals surface area (Å²) in [5.41, 5.74) is 2.05. The van der Waals surface area contributed by atoms with E-state index in [1.54, 1.807) is 6.07 Å². The number of piperidine rings is 1. The largest absolute Gasteiger partial charge is 0.624 e. The van der Waals surface area contributed by atoms with Crippen LogP contribution in [-0.4, -0.2) is 33.8 Å². The number of aliphatic hydroxyl groups is 1. The van der Waals surface area contributed by atoms with Gasteiger partial charge in [-0.25, -0.2) is 4.79 Å². The topological polar surface area (TPSA) is 89.5 Å². The second-order valence-electron chi connectivity index (χ2n) is 6.41. The molecule has 2 aliphatic rings. The molecule has 6 nitrogen and oxygen atoms in total. The van der Waals surface area contributed by atoms with Crippen LogP contribution in [0.25, 0.3) is 0 Å². The third-order valence-corrected chi connectivity index (χ3v) is 4.60. The van der Waals surface area contributed by atoms with Crippen molar-refractivity contribution in [2.75, 3.05) is 0 Å². The van der Waals surface area contributed by atoms with Crippen molar-refractivity contribution in [3.63, 3.8) is 0 Å². The van der Waals surface area contributed by atoms with Gasteiger partial charge in [0.05, 0.1) is 5.56 Å². The molecule has 3 unspecified atom stereocenters. The lowest BCUT2D eigenvalue weighted by atomic mass is 9.94. The zero-order chi connectivity index (χ0) is 16.1. The fraction of sp³-hybridized carbons (Fsp3) is 0.500. The number of quaternary nitrogens is 1. The predicted octanol–water partition coefficient (Wildman–Crippen LogP) is 1.38. The fourth-order valence-corrected chi connectivity index (χ4v) is 3.44. The second-order valence-corrected chi connectivity index (χ2v) is 6.41. The molecule has 3 atom stereocenters. The minimum absolute atomic E-state index is 0.0110. The van der Waals surface area contributed by atoms with Crippen molar-refractivity contribution < 1.29 is 19.3 Å². The molecular weight excluding hydrogens is 284 g/mol. The van der Waals surface area contributed by atoms with Crippen LogP contribution in [-0.2, 0) is 11.3 Å². The number of hydroxylamine groups is 3. The van der Waals surface area contributed by atoms with E-state index in [1.165, 1.54) is 0 Å². The van der Waals surface area contributed by atoms with E-state index in [1.807, 2.05) is 26.0 Å². The molecule has 2 heterocycles. The predicted molar refractivity (Wildman–Crippen MR) is 79.4 cm³/mol. The minimum atomic E-state index is -1.17. The van der Waals surface area contributed by atoms with Gasteiger partial charge in [-0.05, 0) is 17.9 Å². The Bertz CT molecular complexity index is 643. The summed E-state index contributed by atoms with van der Waals surface area (Å²) in [7, 11) is 0. The average molecular weight is 304 g/mol. The lowest BCUT2D eigenvalue weighted by Gasteiger charge is -2.43. The molecule has 2 N–H and O–H groups in total. The second kappa shape index (κ2) is 5.15. The third-order valence-electron chi connectivity index (χ3n) is 4.60. The van der Waals surface area contributed by atoms with Gasteiger partial charge in [0.2, 0.25) is 0 Å². The molecule has 118 valence electrons. The van der Waals surface area contributed by atoms with Gasteiger partial charge in [-0.15, -0.1) is 0 Å². The van der Waals surface area contributed by atoms with Crippen LogP contribution in [0.4, 0.5) is 0 Å². The summed E-state index contributed by atoms with van der Waals surface area (Å²) >= 11 is 0. The molecule has 1 fully saturated rings. The van der Waals surface area contributed by atoms with E-state index in [9.17, 15) is 19.9 Å². The minimum Gasteiger partial charge on any atom is -0.624 e.